The van der Waals surface area contributed by atoms with Crippen molar-refractivity contribution in [1.82, 2.24) is 0 Å². The first-order valence-corrected chi connectivity index (χ1v) is 6.49. The van der Waals surface area contributed by atoms with Crippen molar-refractivity contribution in [3.8, 4) is 0 Å². The van der Waals surface area contributed by atoms with Crippen LogP contribution in [-0.4, -0.2) is 12.6 Å². The predicted molar refractivity (Wildman–Crippen MR) is 55.0 cm³/mol. The van der Waals surface area contributed by atoms with Gasteiger partial charge in [0, 0.05) is 5.92 Å². The summed E-state index contributed by atoms with van der Waals surface area (Å²) in [5.41, 5.74) is 0. The van der Waals surface area contributed by atoms with Gasteiger partial charge in [0.05, 0.1) is 12.5 Å². The zero-order chi connectivity index (χ0) is 9.99. The fourth-order valence-electron chi connectivity index (χ4n) is 5.03. The number of hydrogen-bond donors (Lipinski definition) is 0. The molecule has 2 nitrogen and oxygen atoms in total. The van der Waals surface area contributed by atoms with Gasteiger partial charge in [0.1, 0.15) is 0 Å². The lowest BCUT2D eigenvalue weighted by Crippen LogP contribution is -2.35. The van der Waals surface area contributed by atoms with E-state index in [2.05, 4.69) is 0 Å². The maximum absolute atomic E-state index is 11.6. The fourth-order valence-corrected chi connectivity index (χ4v) is 5.03. The van der Waals surface area contributed by atoms with Gasteiger partial charge < -0.3 is 4.74 Å². The zero-order valence-corrected chi connectivity index (χ0v) is 9.02. The van der Waals surface area contributed by atoms with Crippen LogP contribution in [0.15, 0.2) is 0 Å². The molecule has 0 amide bonds. The highest BCUT2D eigenvalue weighted by molar-refractivity contribution is 5.74. The van der Waals surface area contributed by atoms with E-state index in [0.717, 1.165) is 36.7 Å². The lowest BCUT2D eigenvalue weighted by Gasteiger charge is -2.39. The second-order valence-electron chi connectivity index (χ2n) is 6.13. The minimum atomic E-state index is 0.112. The normalized spacial score (nSPS) is 56.4. The summed E-state index contributed by atoms with van der Waals surface area (Å²) in [5, 5.41) is 0. The average molecular weight is 206 g/mol. The van der Waals surface area contributed by atoms with Gasteiger partial charge in [0.2, 0.25) is 0 Å². The Kier molecular flexibility index (Phi) is 1.59. The van der Waals surface area contributed by atoms with Crippen molar-refractivity contribution in [3.63, 3.8) is 0 Å². The molecule has 3 aliphatic carbocycles. The summed E-state index contributed by atoms with van der Waals surface area (Å²) in [5.74, 6) is 4.80. The van der Waals surface area contributed by atoms with Gasteiger partial charge in [-0.2, -0.15) is 0 Å². The van der Waals surface area contributed by atoms with Crippen LogP contribution in [-0.2, 0) is 9.53 Å². The van der Waals surface area contributed by atoms with Gasteiger partial charge in [0.15, 0.2) is 0 Å². The fraction of sp³-hybridized carbons (Fsp3) is 0.923. The molecule has 1 heterocycles. The number of esters is 1. The van der Waals surface area contributed by atoms with Crippen LogP contribution in [0.25, 0.3) is 0 Å². The molecule has 6 atom stereocenters. The SMILES string of the molecule is O=C1OCC2CC3C4CCC(C4)C3CC12. The summed E-state index contributed by atoms with van der Waals surface area (Å²) in [6.45, 7) is 0.726. The second-order valence-corrected chi connectivity index (χ2v) is 6.13. The van der Waals surface area contributed by atoms with E-state index in [1.54, 1.807) is 0 Å². The van der Waals surface area contributed by atoms with Crippen LogP contribution >= 0.6 is 0 Å². The molecule has 6 unspecified atom stereocenters. The molecule has 3 saturated carbocycles. The first kappa shape index (κ1) is 8.60. The Bertz CT molecular complexity index is 312. The highest BCUT2D eigenvalue weighted by Crippen LogP contribution is 2.60. The summed E-state index contributed by atoms with van der Waals surface area (Å²) in [6.07, 6.45) is 6.84. The van der Waals surface area contributed by atoms with E-state index in [9.17, 15) is 4.79 Å². The summed E-state index contributed by atoms with van der Waals surface area (Å²) in [7, 11) is 0. The van der Waals surface area contributed by atoms with Gasteiger partial charge >= 0.3 is 5.97 Å². The summed E-state index contributed by atoms with van der Waals surface area (Å²) < 4.78 is 5.22. The van der Waals surface area contributed by atoms with E-state index >= 15 is 0 Å². The van der Waals surface area contributed by atoms with Crippen molar-refractivity contribution in [2.24, 2.45) is 35.5 Å². The molecule has 4 rings (SSSR count). The minimum Gasteiger partial charge on any atom is -0.465 e. The number of hydrogen-bond acceptors (Lipinski definition) is 2. The summed E-state index contributed by atoms with van der Waals surface area (Å²) in [4.78, 5) is 11.6. The van der Waals surface area contributed by atoms with Crippen molar-refractivity contribution in [2.75, 3.05) is 6.61 Å². The molecule has 1 aliphatic heterocycles. The molecule has 4 aliphatic rings. The molecule has 0 N–H and O–H groups in total. The van der Waals surface area contributed by atoms with Gasteiger partial charge in [0.25, 0.3) is 0 Å². The van der Waals surface area contributed by atoms with Crippen molar-refractivity contribution >= 4 is 5.97 Å². The number of fused-ring (bicyclic) bond motifs is 6. The Morgan fingerprint density at radius 1 is 0.933 bits per heavy atom. The Morgan fingerprint density at radius 2 is 1.67 bits per heavy atom. The highest BCUT2D eigenvalue weighted by atomic mass is 16.5. The van der Waals surface area contributed by atoms with Crippen LogP contribution < -0.4 is 0 Å². The van der Waals surface area contributed by atoms with Gasteiger partial charge in [-0.3, -0.25) is 4.79 Å². The summed E-state index contributed by atoms with van der Waals surface area (Å²) in [6, 6.07) is 0. The third kappa shape index (κ3) is 1.03. The van der Waals surface area contributed by atoms with Crippen LogP contribution in [0.5, 0.6) is 0 Å². The Hall–Kier alpha value is -0.530. The highest BCUT2D eigenvalue weighted by Gasteiger charge is 2.54. The van der Waals surface area contributed by atoms with Crippen LogP contribution in [0.1, 0.15) is 32.1 Å². The molecular formula is C13H18O2. The maximum Gasteiger partial charge on any atom is 0.309 e. The van der Waals surface area contributed by atoms with E-state index in [-0.39, 0.29) is 11.9 Å². The zero-order valence-electron chi connectivity index (χ0n) is 9.02. The summed E-state index contributed by atoms with van der Waals surface area (Å²) >= 11 is 0. The lowest BCUT2D eigenvalue weighted by molar-refractivity contribution is -0.142. The van der Waals surface area contributed by atoms with E-state index in [1.807, 2.05) is 0 Å². The third-order valence-electron chi connectivity index (χ3n) is 5.69. The molecule has 0 aromatic rings. The van der Waals surface area contributed by atoms with Gasteiger partial charge in [-0.25, -0.2) is 0 Å². The number of ether oxygens (including phenoxy) is 1. The first-order valence-electron chi connectivity index (χ1n) is 6.49. The molecule has 1 saturated heterocycles. The molecule has 0 radical (unpaired) electrons. The van der Waals surface area contributed by atoms with E-state index in [1.165, 1.54) is 25.7 Å². The Balaban J connectivity index is 1.63. The predicted octanol–water partition coefficient (Wildman–Crippen LogP) is 2.23. The van der Waals surface area contributed by atoms with Crippen LogP contribution in [0.2, 0.25) is 0 Å². The average Bonchev–Trinajstić information content (AvgIpc) is 2.92. The number of carbonyl (C=O) groups excluding carboxylic acids is 1. The second kappa shape index (κ2) is 2.78. The van der Waals surface area contributed by atoms with Crippen molar-refractivity contribution in [1.29, 1.82) is 0 Å². The van der Waals surface area contributed by atoms with Crippen LogP contribution in [0.3, 0.4) is 0 Å². The van der Waals surface area contributed by atoms with Crippen molar-refractivity contribution in [2.45, 2.75) is 32.1 Å². The van der Waals surface area contributed by atoms with Gasteiger partial charge in [-0.05, 0) is 55.8 Å². The Morgan fingerprint density at radius 3 is 2.47 bits per heavy atom. The topological polar surface area (TPSA) is 26.3 Å². The standard InChI is InChI=1S/C13H18O2/c14-13-12-5-11-8-2-1-7(3-8)10(11)4-9(12)6-15-13/h7-12H,1-6H2. The molecule has 82 valence electrons. The smallest absolute Gasteiger partial charge is 0.309 e. The molecule has 2 heteroatoms. The monoisotopic (exact) mass is 206 g/mol. The number of carbonyl (C=O) groups is 1. The quantitative estimate of drug-likeness (QED) is 0.568. The van der Waals surface area contributed by atoms with E-state index < -0.39 is 0 Å². The molecular weight excluding hydrogens is 188 g/mol. The largest absolute Gasteiger partial charge is 0.465 e. The number of rotatable bonds is 0. The van der Waals surface area contributed by atoms with Crippen molar-refractivity contribution < 1.29 is 9.53 Å². The lowest BCUT2D eigenvalue weighted by atomic mass is 9.64. The molecule has 2 bridgehead atoms. The first-order chi connectivity index (χ1) is 7.33. The van der Waals surface area contributed by atoms with Crippen molar-refractivity contribution in [3.05, 3.63) is 0 Å². The number of cyclic esters (lactones) is 1. The molecule has 0 spiro atoms. The molecule has 0 aromatic carbocycles. The third-order valence-corrected chi connectivity index (χ3v) is 5.69. The van der Waals surface area contributed by atoms with Crippen LogP contribution in [0.4, 0.5) is 0 Å². The minimum absolute atomic E-state index is 0.112. The maximum atomic E-state index is 11.6. The van der Waals surface area contributed by atoms with E-state index in [4.69, 9.17) is 4.74 Å². The molecule has 0 aromatic heterocycles. The van der Waals surface area contributed by atoms with Gasteiger partial charge in [-0.1, -0.05) is 0 Å². The van der Waals surface area contributed by atoms with Crippen LogP contribution in [0, 0.1) is 35.5 Å². The Labute approximate surface area is 90.4 Å². The van der Waals surface area contributed by atoms with Gasteiger partial charge in [-0.15, -0.1) is 0 Å². The van der Waals surface area contributed by atoms with E-state index in [0.29, 0.717) is 5.92 Å². The molecule has 4 fully saturated rings. The molecule has 15 heavy (non-hydrogen) atoms.